The molecule has 36 heavy (non-hydrogen) atoms. The Labute approximate surface area is 222 Å². The maximum atomic E-state index is 13.0. The van der Waals surface area contributed by atoms with E-state index in [1.807, 2.05) is 30.3 Å². The van der Waals surface area contributed by atoms with Crippen LogP contribution in [0.1, 0.15) is 51.7 Å². The van der Waals surface area contributed by atoms with Crippen molar-refractivity contribution >= 4 is 50.2 Å². The average molecular weight is 565 g/mol. The molecule has 6 nitrogen and oxygen atoms in total. The van der Waals surface area contributed by atoms with Crippen molar-refractivity contribution in [1.82, 2.24) is 0 Å². The number of carbonyl (C=O) groups is 2. The van der Waals surface area contributed by atoms with E-state index in [2.05, 4.69) is 21.2 Å². The van der Waals surface area contributed by atoms with Crippen LogP contribution in [0.5, 0.6) is 5.75 Å². The normalized spacial score (nSPS) is 12.9. The summed E-state index contributed by atoms with van der Waals surface area (Å²) in [6.07, 6.45) is 5.23. The summed E-state index contributed by atoms with van der Waals surface area (Å²) in [5.41, 5.74) is 3.06. The quantitative estimate of drug-likeness (QED) is 0.187. The zero-order valence-electron chi connectivity index (χ0n) is 19.8. The summed E-state index contributed by atoms with van der Waals surface area (Å²) in [5, 5.41) is 12.9. The minimum atomic E-state index is -0.558. The number of anilines is 1. The Hall–Kier alpha value is -3.41. The Balaban J connectivity index is 1.47. The Bertz CT molecular complexity index is 1320. The molecule has 0 fully saturated rings. The van der Waals surface area contributed by atoms with Gasteiger partial charge in [0.15, 0.2) is 0 Å². The van der Waals surface area contributed by atoms with E-state index in [1.54, 1.807) is 31.2 Å². The second-order valence-electron chi connectivity index (χ2n) is 8.24. The van der Waals surface area contributed by atoms with Crippen LogP contribution in [0.25, 0.3) is 6.08 Å². The second-order valence-corrected chi connectivity index (χ2v) is 10.3. The molecule has 0 saturated heterocycles. The number of carbonyl (C=O) groups excluding carboxylic acids is 2. The number of fused-ring (bicyclic) bond motifs is 1. The Morgan fingerprint density at radius 1 is 1.11 bits per heavy atom. The van der Waals surface area contributed by atoms with Gasteiger partial charge in [-0.15, -0.1) is 11.3 Å². The van der Waals surface area contributed by atoms with Gasteiger partial charge in [0.25, 0.3) is 5.91 Å². The number of ether oxygens (including phenoxy) is 2. The summed E-state index contributed by atoms with van der Waals surface area (Å²) in [6.45, 7) is 2.44. The van der Waals surface area contributed by atoms with E-state index in [9.17, 15) is 14.9 Å². The summed E-state index contributed by atoms with van der Waals surface area (Å²) >= 11 is 4.81. The average Bonchev–Trinajstić information content (AvgIpc) is 3.25. The molecule has 1 heterocycles. The maximum absolute atomic E-state index is 13.0. The molecule has 0 saturated carbocycles. The number of benzene rings is 2. The number of nitriles is 1. The van der Waals surface area contributed by atoms with Crippen LogP contribution in [0.2, 0.25) is 0 Å². The predicted molar refractivity (Wildman–Crippen MR) is 144 cm³/mol. The fourth-order valence-electron chi connectivity index (χ4n) is 3.97. The lowest BCUT2D eigenvalue weighted by molar-refractivity contribution is -0.112. The molecule has 1 amide bonds. The summed E-state index contributed by atoms with van der Waals surface area (Å²) in [5.74, 6) is -0.313. The first-order valence-corrected chi connectivity index (χ1v) is 13.3. The van der Waals surface area contributed by atoms with E-state index in [4.69, 9.17) is 9.47 Å². The molecule has 1 N–H and O–H groups in total. The van der Waals surface area contributed by atoms with Crippen LogP contribution in [0.4, 0.5) is 5.00 Å². The number of amides is 1. The molecule has 0 atom stereocenters. The Kier molecular flexibility index (Phi) is 8.57. The molecule has 3 aromatic rings. The molecule has 0 spiro atoms. The van der Waals surface area contributed by atoms with Crippen molar-refractivity contribution in [2.45, 2.75) is 39.2 Å². The fraction of sp³-hybridized carbons (Fsp3) is 0.250. The molecule has 1 aromatic heterocycles. The van der Waals surface area contributed by atoms with Crippen molar-refractivity contribution in [3.8, 4) is 11.8 Å². The molecule has 1 aliphatic rings. The van der Waals surface area contributed by atoms with Gasteiger partial charge in [0.05, 0.1) is 12.2 Å². The number of esters is 1. The SMILES string of the molecule is CCOC(=O)c1c(NC(=O)C(C#N)=Cc2ccc(OCc3ccc(Br)cc3)cc2)sc2c1CCCC2. The molecule has 0 radical (unpaired) electrons. The number of aryl methyl sites for hydroxylation is 1. The first-order valence-electron chi connectivity index (χ1n) is 11.7. The minimum Gasteiger partial charge on any atom is -0.489 e. The molecule has 4 rings (SSSR count). The van der Waals surface area contributed by atoms with Gasteiger partial charge in [0.2, 0.25) is 0 Å². The van der Waals surface area contributed by atoms with Crippen molar-refractivity contribution in [2.75, 3.05) is 11.9 Å². The van der Waals surface area contributed by atoms with Crippen LogP contribution < -0.4 is 10.1 Å². The van der Waals surface area contributed by atoms with Crippen LogP contribution in [0.3, 0.4) is 0 Å². The Morgan fingerprint density at radius 2 is 1.83 bits per heavy atom. The summed E-state index contributed by atoms with van der Waals surface area (Å²) in [6, 6.07) is 17.0. The van der Waals surface area contributed by atoms with Gasteiger partial charge in [-0.05, 0) is 79.6 Å². The number of hydrogen-bond acceptors (Lipinski definition) is 6. The maximum Gasteiger partial charge on any atom is 0.341 e. The van der Waals surface area contributed by atoms with E-state index < -0.39 is 11.9 Å². The van der Waals surface area contributed by atoms with Crippen LogP contribution in [0, 0.1) is 11.3 Å². The van der Waals surface area contributed by atoms with Crippen molar-refractivity contribution in [1.29, 1.82) is 5.26 Å². The van der Waals surface area contributed by atoms with Gasteiger partial charge >= 0.3 is 5.97 Å². The highest BCUT2D eigenvalue weighted by Gasteiger charge is 2.27. The number of rotatable bonds is 8. The van der Waals surface area contributed by atoms with Crippen LogP contribution in [0.15, 0.2) is 58.6 Å². The first-order chi connectivity index (χ1) is 17.5. The monoisotopic (exact) mass is 564 g/mol. The predicted octanol–water partition coefficient (Wildman–Crippen LogP) is 6.69. The topological polar surface area (TPSA) is 88.4 Å². The van der Waals surface area contributed by atoms with E-state index in [0.717, 1.165) is 46.2 Å². The standard InChI is InChI=1S/C28H25BrN2O4S/c1-2-34-28(33)25-23-5-3-4-6-24(23)36-27(25)31-26(32)20(16-30)15-18-9-13-22(14-10-18)35-17-19-7-11-21(29)12-8-19/h7-15H,2-6,17H2,1H3,(H,31,32). The number of halogens is 1. The van der Waals surface area contributed by atoms with Gasteiger partial charge in [-0.1, -0.05) is 40.2 Å². The van der Waals surface area contributed by atoms with E-state index in [-0.39, 0.29) is 12.2 Å². The molecular formula is C28H25BrN2O4S. The summed E-state index contributed by atoms with van der Waals surface area (Å²) in [4.78, 5) is 26.7. The zero-order valence-corrected chi connectivity index (χ0v) is 22.2. The second kappa shape index (κ2) is 12.0. The minimum absolute atomic E-state index is 0.0558. The Morgan fingerprint density at radius 3 is 2.53 bits per heavy atom. The molecule has 0 unspecified atom stereocenters. The van der Waals surface area contributed by atoms with Gasteiger partial charge in [-0.2, -0.15) is 5.26 Å². The summed E-state index contributed by atoms with van der Waals surface area (Å²) in [7, 11) is 0. The van der Waals surface area contributed by atoms with Crippen LogP contribution in [-0.2, 0) is 29.0 Å². The number of hydrogen-bond donors (Lipinski definition) is 1. The lowest BCUT2D eigenvalue weighted by Gasteiger charge is -2.12. The zero-order chi connectivity index (χ0) is 25.5. The van der Waals surface area contributed by atoms with Crippen molar-refractivity contribution in [3.63, 3.8) is 0 Å². The highest BCUT2D eigenvalue weighted by atomic mass is 79.9. The molecule has 8 heteroatoms. The smallest absolute Gasteiger partial charge is 0.341 e. The van der Waals surface area contributed by atoms with E-state index in [1.165, 1.54) is 17.4 Å². The third-order valence-corrected chi connectivity index (χ3v) is 7.49. The molecule has 2 aromatic carbocycles. The molecule has 0 aliphatic heterocycles. The first kappa shape index (κ1) is 25.7. The third-order valence-electron chi connectivity index (χ3n) is 5.75. The number of nitrogens with zero attached hydrogens (tertiary/aromatic N) is 1. The molecule has 0 bridgehead atoms. The highest BCUT2D eigenvalue weighted by molar-refractivity contribution is 9.10. The van der Waals surface area contributed by atoms with Crippen molar-refractivity contribution in [3.05, 3.63) is 85.7 Å². The van der Waals surface area contributed by atoms with Crippen LogP contribution in [-0.4, -0.2) is 18.5 Å². The summed E-state index contributed by atoms with van der Waals surface area (Å²) < 4.78 is 12.1. The lowest BCUT2D eigenvalue weighted by Crippen LogP contribution is -2.16. The fourth-order valence-corrected chi connectivity index (χ4v) is 5.50. The van der Waals surface area contributed by atoms with Crippen LogP contribution >= 0.6 is 27.3 Å². The van der Waals surface area contributed by atoms with Gasteiger partial charge in [-0.25, -0.2) is 4.79 Å². The third kappa shape index (κ3) is 6.23. The molecule has 1 aliphatic carbocycles. The van der Waals surface area contributed by atoms with E-state index in [0.29, 0.717) is 28.5 Å². The lowest BCUT2D eigenvalue weighted by atomic mass is 9.95. The largest absolute Gasteiger partial charge is 0.489 e. The van der Waals surface area contributed by atoms with Gasteiger partial charge in [0.1, 0.15) is 29.0 Å². The van der Waals surface area contributed by atoms with Gasteiger partial charge in [-0.3, -0.25) is 4.79 Å². The molecular weight excluding hydrogens is 540 g/mol. The van der Waals surface area contributed by atoms with Crippen molar-refractivity contribution in [2.24, 2.45) is 0 Å². The number of nitrogens with one attached hydrogen (secondary N) is 1. The highest BCUT2D eigenvalue weighted by Crippen LogP contribution is 2.38. The van der Waals surface area contributed by atoms with Gasteiger partial charge < -0.3 is 14.8 Å². The van der Waals surface area contributed by atoms with E-state index >= 15 is 0 Å². The molecule has 184 valence electrons. The van der Waals surface area contributed by atoms with Crippen molar-refractivity contribution < 1.29 is 19.1 Å². The number of thiophene rings is 1. The van der Waals surface area contributed by atoms with Gasteiger partial charge in [0, 0.05) is 9.35 Å².